The van der Waals surface area contributed by atoms with E-state index in [4.69, 9.17) is 28.2 Å². The maximum Gasteiger partial charge on any atom is 0.319 e. The van der Waals surface area contributed by atoms with Gasteiger partial charge in [0.25, 0.3) is 0 Å². The van der Waals surface area contributed by atoms with Crippen molar-refractivity contribution in [1.29, 1.82) is 0 Å². The summed E-state index contributed by atoms with van der Waals surface area (Å²) in [6.07, 6.45) is 9.09. The second-order valence-corrected chi connectivity index (χ2v) is 9.62. The molecular weight excluding hydrogens is 533 g/mol. The summed E-state index contributed by atoms with van der Waals surface area (Å²) in [7, 11) is 0. The number of amides is 2. The Hall–Kier alpha value is -4.66. The van der Waals surface area contributed by atoms with Crippen molar-refractivity contribution in [3.05, 3.63) is 119 Å². The van der Waals surface area contributed by atoms with Crippen LogP contribution in [-0.2, 0) is 6.54 Å². The van der Waals surface area contributed by atoms with E-state index in [1.807, 2.05) is 88.2 Å². The lowest BCUT2D eigenvalue weighted by molar-refractivity contribution is 0.251. The molecule has 0 saturated heterocycles. The highest BCUT2D eigenvalue weighted by atomic mass is 35.5. The molecule has 3 aromatic heterocycles. The molecule has 6 aromatic rings. The topological polar surface area (TPSA) is 89.1 Å². The number of halogens is 2. The Morgan fingerprint density at radius 2 is 1.59 bits per heavy atom. The lowest BCUT2D eigenvalue weighted by Crippen LogP contribution is -2.28. The van der Waals surface area contributed by atoms with Gasteiger partial charge in [-0.15, -0.1) is 0 Å². The number of imidazole rings is 2. The van der Waals surface area contributed by atoms with Gasteiger partial charge in [0.05, 0.1) is 5.69 Å². The molecule has 2 N–H and O–H groups in total. The van der Waals surface area contributed by atoms with Crippen molar-refractivity contribution in [2.75, 3.05) is 5.32 Å². The minimum Gasteiger partial charge on any atom is -0.334 e. The third-order valence-corrected chi connectivity index (χ3v) is 6.61. The van der Waals surface area contributed by atoms with Gasteiger partial charge in [-0.2, -0.15) is 0 Å². The van der Waals surface area contributed by atoms with Crippen LogP contribution in [0.15, 0.2) is 104 Å². The van der Waals surface area contributed by atoms with Gasteiger partial charge in [0.15, 0.2) is 11.5 Å². The van der Waals surface area contributed by atoms with Crippen LogP contribution in [0.2, 0.25) is 10.0 Å². The summed E-state index contributed by atoms with van der Waals surface area (Å²) in [5.41, 5.74) is 4.71. The van der Waals surface area contributed by atoms with Crippen LogP contribution in [0.25, 0.3) is 34.1 Å². The smallest absolute Gasteiger partial charge is 0.319 e. The molecule has 192 valence electrons. The molecule has 0 aliphatic heterocycles. The zero-order valence-electron chi connectivity index (χ0n) is 20.4. The number of anilines is 1. The molecule has 10 heteroatoms. The Kier molecular flexibility index (Phi) is 6.71. The summed E-state index contributed by atoms with van der Waals surface area (Å²) in [5, 5.41) is 7.06. The Morgan fingerprint density at radius 3 is 2.38 bits per heavy atom. The Bertz CT molecular complexity index is 1780. The fourth-order valence-corrected chi connectivity index (χ4v) is 4.47. The van der Waals surface area contributed by atoms with Gasteiger partial charge < -0.3 is 15.0 Å². The van der Waals surface area contributed by atoms with Gasteiger partial charge in [-0.25, -0.2) is 19.7 Å². The molecule has 0 spiro atoms. The van der Waals surface area contributed by atoms with Gasteiger partial charge in [-0.1, -0.05) is 47.5 Å². The van der Waals surface area contributed by atoms with Crippen molar-refractivity contribution in [2.24, 2.45) is 0 Å². The normalized spacial score (nSPS) is 11.0. The molecule has 0 atom stereocenters. The van der Waals surface area contributed by atoms with E-state index in [0.29, 0.717) is 45.3 Å². The molecule has 8 nitrogen and oxygen atoms in total. The quantitative estimate of drug-likeness (QED) is 0.235. The van der Waals surface area contributed by atoms with Crippen LogP contribution in [0.3, 0.4) is 0 Å². The largest absolute Gasteiger partial charge is 0.334 e. The standard InChI is InChI=1S/C29H21Cl2N7O/c30-22-8-4-19(5-9-22)17-34-29(39)35-24-3-1-2-21(16-24)25-18-37-14-12-33-27(37)28(36-25)38-15-13-32-26(38)20-6-10-23(31)11-7-20/h1-16,18H,17H2,(H2,34,35,39). The van der Waals surface area contributed by atoms with E-state index in [9.17, 15) is 4.79 Å². The maximum atomic E-state index is 12.5. The summed E-state index contributed by atoms with van der Waals surface area (Å²) >= 11 is 12.0. The summed E-state index contributed by atoms with van der Waals surface area (Å²) < 4.78 is 3.82. The number of benzene rings is 3. The van der Waals surface area contributed by atoms with E-state index < -0.39 is 0 Å². The van der Waals surface area contributed by atoms with Crippen LogP contribution in [0, 0.1) is 0 Å². The molecule has 0 unspecified atom stereocenters. The lowest BCUT2D eigenvalue weighted by Gasteiger charge is -2.12. The van der Waals surface area contributed by atoms with Crippen molar-refractivity contribution in [3.63, 3.8) is 0 Å². The molecule has 0 aliphatic carbocycles. The van der Waals surface area contributed by atoms with E-state index in [1.54, 1.807) is 24.5 Å². The number of nitrogens with zero attached hydrogens (tertiary/aromatic N) is 5. The van der Waals surface area contributed by atoms with Crippen LogP contribution in [0.5, 0.6) is 0 Å². The maximum absolute atomic E-state index is 12.5. The highest BCUT2D eigenvalue weighted by molar-refractivity contribution is 6.30. The highest BCUT2D eigenvalue weighted by Crippen LogP contribution is 2.27. The van der Waals surface area contributed by atoms with E-state index in [-0.39, 0.29) is 6.03 Å². The third kappa shape index (κ3) is 5.34. The molecule has 6 rings (SSSR count). The Morgan fingerprint density at radius 1 is 0.846 bits per heavy atom. The molecule has 0 saturated carbocycles. The van der Waals surface area contributed by atoms with Gasteiger partial charge in [0, 0.05) is 64.4 Å². The molecule has 39 heavy (non-hydrogen) atoms. The predicted molar refractivity (Wildman–Crippen MR) is 153 cm³/mol. The first-order chi connectivity index (χ1) is 19.0. The average molecular weight is 554 g/mol. The van der Waals surface area contributed by atoms with Crippen LogP contribution >= 0.6 is 23.2 Å². The molecule has 0 fully saturated rings. The van der Waals surface area contributed by atoms with Crippen molar-refractivity contribution < 1.29 is 4.79 Å². The van der Waals surface area contributed by atoms with Crippen LogP contribution in [0.4, 0.5) is 10.5 Å². The molecular formula is C29H21Cl2N7O. The number of aromatic nitrogens is 5. The Balaban J connectivity index is 1.29. The first-order valence-electron chi connectivity index (χ1n) is 12.1. The summed E-state index contributed by atoms with van der Waals surface area (Å²) in [5.74, 6) is 1.34. The molecule has 0 aliphatic rings. The summed E-state index contributed by atoms with van der Waals surface area (Å²) in [6.45, 7) is 0.381. The van der Waals surface area contributed by atoms with Gasteiger partial charge >= 0.3 is 6.03 Å². The number of hydrogen-bond acceptors (Lipinski definition) is 4. The molecule has 2 amide bonds. The molecule has 0 bridgehead atoms. The third-order valence-electron chi connectivity index (χ3n) is 6.11. The zero-order valence-corrected chi connectivity index (χ0v) is 21.9. The van der Waals surface area contributed by atoms with E-state index in [0.717, 1.165) is 16.7 Å². The summed E-state index contributed by atoms with van der Waals surface area (Å²) in [4.78, 5) is 26.6. The molecule has 3 heterocycles. The Labute approximate surface area is 233 Å². The number of urea groups is 1. The SMILES string of the molecule is O=C(NCc1ccc(Cl)cc1)Nc1cccc(-c2cn3ccnc3c(-n3ccnc3-c3ccc(Cl)cc3)n2)c1. The highest BCUT2D eigenvalue weighted by Gasteiger charge is 2.16. The second-order valence-electron chi connectivity index (χ2n) is 8.75. The number of nitrogens with one attached hydrogen (secondary N) is 2. The van der Waals surface area contributed by atoms with Crippen LogP contribution in [0.1, 0.15) is 5.56 Å². The number of carbonyl (C=O) groups excluding carboxylic acids is 1. The average Bonchev–Trinajstić information content (AvgIpc) is 3.63. The lowest BCUT2D eigenvalue weighted by atomic mass is 10.1. The predicted octanol–water partition coefficient (Wildman–Crippen LogP) is 6.88. The number of hydrogen-bond donors (Lipinski definition) is 2. The van der Waals surface area contributed by atoms with Gasteiger partial charge in [0.1, 0.15) is 5.82 Å². The number of carbonyl (C=O) groups is 1. The minimum absolute atomic E-state index is 0.313. The van der Waals surface area contributed by atoms with Gasteiger partial charge in [-0.3, -0.25) is 4.57 Å². The van der Waals surface area contributed by atoms with Crippen molar-refractivity contribution in [1.82, 2.24) is 29.2 Å². The summed E-state index contributed by atoms with van der Waals surface area (Å²) in [6, 6.07) is 22.0. The van der Waals surface area contributed by atoms with E-state index in [1.165, 1.54) is 0 Å². The second kappa shape index (κ2) is 10.6. The minimum atomic E-state index is -0.313. The monoisotopic (exact) mass is 553 g/mol. The van der Waals surface area contributed by atoms with Crippen molar-refractivity contribution >= 4 is 40.6 Å². The van der Waals surface area contributed by atoms with Crippen LogP contribution < -0.4 is 10.6 Å². The van der Waals surface area contributed by atoms with Gasteiger partial charge in [0.2, 0.25) is 0 Å². The van der Waals surface area contributed by atoms with Crippen molar-refractivity contribution in [3.8, 4) is 28.5 Å². The fraction of sp³-hybridized carbons (Fsp3) is 0.0345. The van der Waals surface area contributed by atoms with Gasteiger partial charge in [-0.05, 0) is 54.1 Å². The molecule has 3 aromatic carbocycles. The van der Waals surface area contributed by atoms with E-state index >= 15 is 0 Å². The fourth-order valence-electron chi connectivity index (χ4n) is 4.22. The van der Waals surface area contributed by atoms with E-state index in [2.05, 4.69) is 20.6 Å². The molecule has 0 radical (unpaired) electrons. The van der Waals surface area contributed by atoms with Crippen molar-refractivity contribution in [2.45, 2.75) is 6.54 Å². The first-order valence-corrected chi connectivity index (χ1v) is 12.8. The number of fused-ring (bicyclic) bond motifs is 1. The van der Waals surface area contributed by atoms with Crippen LogP contribution in [-0.4, -0.2) is 30.0 Å². The number of rotatable bonds is 6. The zero-order chi connectivity index (χ0) is 26.8. The first kappa shape index (κ1) is 24.7.